The molecular weight excluding hydrogens is 364 g/mol. The number of benzene rings is 1. The molecule has 0 N–H and O–H groups in total. The minimum Gasteiger partial charge on any atom is -0.494 e. The van der Waals surface area contributed by atoms with E-state index in [9.17, 15) is 22.8 Å². The lowest BCUT2D eigenvalue weighted by Crippen LogP contribution is -2.47. The number of nitriles is 1. The molecule has 142 valence electrons. The van der Waals surface area contributed by atoms with E-state index in [1.807, 2.05) is 11.0 Å². The van der Waals surface area contributed by atoms with Crippen LogP contribution in [0, 0.1) is 17.1 Å². The molecule has 0 unspecified atom stereocenters. The van der Waals surface area contributed by atoms with Gasteiger partial charge in [0.2, 0.25) is 0 Å². The smallest absolute Gasteiger partial charge is 0.433 e. The van der Waals surface area contributed by atoms with Gasteiger partial charge in [-0.15, -0.1) is 0 Å². The minimum absolute atomic E-state index is 0.0212. The molecule has 0 radical (unpaired) electrons. The van der Waals surface area contributed by atoms with E-state index in [4.69, 9.17) is 4.74 Å². The van der Waals surface area contributed by atoms with E-state index >= 15 is 0 Å². The number of hydrogen-bond donors (Lipinski definition) is 0. The Morgan fingerprint density at radius 2 is 1.74 bits per heavy atom. The summed E-state index contributed by atoms with van der Waals surface area (Å²) in [7, 11) is 1.38. The second-order valence-corrected chi connectivity index (χ2v) is 5.97. The van der Waals surface area contributed by atoms with Gasteiger partial charge in [-0.25, -0.2) is 9.37 Å². The van der Waals surface area contributed by atoms with E-state index in [2.05, 4.69) is 4.98 Å². The van der Waals surface area contributed by atoms with Crippen molar-refractivity contribution in [2.75, 3.05) is 43.1 Å². The first-order valence-electron chi connectivity index (χ1n) is 8.15. The molecule has 0 amide bonds. The van der Waals surface area contributed by atoms with Gasteiger partial charge in [-0.1, -0.05) is 0 Å². The molecule has 0 bridgehead atoms. The lowest BCUT2D eigenvalue weighted by Gasteiger charge is -2.37. The van der Waals surface area contributed by atoms with Crippen molar-refractivity contribution in [2.45, 2.75) is 6.18 Å². The van der Waals surface area contributed by atoms with Crippen LogP contribution in [-0.4, -0.2) is 38.3 Å². The fourth-order valence-corrected chi connectivity index (χ4v) is 2.96. The third-order valence-electron chi connectivity index (χ3n) is 4.37. The molecule has 0 spiro atoms. The first-order chi connectivity index (χ1) is 12.8. The predicted octanol–water partition coefficient (Wildman–Crippen LogP) is 3.45. The van der Waals surface area contributed by atoms with Gasteiger partial charge >= 0.3 is 6.18 Å². The van der Waals surface area contributed by atoms with Gasteiger partial charge in [0.15, 0.2) is 11.6 Å². The second kappa shape index (κ2) is 7.31. The van der Waals surface area contributed by atoms with Crippen molar-refractivity contribution in [3.63, 3.8) is 0 Å². The van der Waals surface area contributed by atoms with Gasteiger partial charge in [0.1, 0.15) is 17.6 Å². The van der Waals surface area contributed by atoms with Crippen molar-refractivity contribution in [3.8, 4) is 11.8 Å². The summed E-state index contributed by atoms with van der Waals surface area (Å²) in [6.45, 7) is 1.62. The number of ether oxygens (including phenoxy) is 1. The highest BCUT2D eigenvalue weighted by Crippen LogP contribution is 2.31. The molecule has 1 aromatic heterocycles. The van der Waals surface area contributed by atoms with Crippen molar-refractivity contribution < 1.29 is 22.3 Å². The molecule has 0 saturated carbocycles. The van der Waals surface area contributed by atoms with Gasteiger partial charge in [-0.05, 0) is 24.3 Å². The van der Waals surface area contributed by atoms with Gasteiger partial charge in [-0.3, -0.25) is 0 Å². The summed E-state index contributed by atoms with van der Waals surface area (Å²) in [6.07, 6.45) is -4.58. The summed E-state index contributed by atoms with van der Waals surface area (Å²) < 4.78 is 57.6. The van der Waals surface area contributed by atoms with Crippen LogP contribution in [0.1, 0.15) is 11.3 Å². The zero-order valence-corrected chi connectivity index (χ0v) is 14.4. The fourth-order valence-electron chi connectivity index (χ4n) is 2.96. The number of rotatable bonds is 3. The molecule has 1 fully saturated rings. The fraction of sp³-hybridized carbons (Fsp3) is 0.333. The van der Waals surface area contributed by atoms with Crippen molar-refractivity contribution >= 4 is 11.5 Å². The lowest BCUT2D eigenvalue weighted by molar-refractivity contribution is -0.141. The zero-order chi connectivity index (χ0) is 19.6. The molecule has 27 heavy (non-hydrogen) atoms. The molecular formula is C18H16F4N4O. The van der Waals surface area contributed by atoms with Crippen LogP contribution in [0.25, 0.3) is 0 Å². The molecule has 1 aromatic carbocycles. The number of methoxy groups -OCH3 is 1. The summed E-state index contributed by atoms with van der Waals surface area (Å²) in [5.74, 6) is -0.319. The minimum atomic E-state index is -4.58. The number of nitrogens with zero attached hydrogens (tertiary/aromatic N) is 4. The first kappa shape index (κ1) is 18.8. The van der Waals surface area contributed by atoms with Gasteiger partial charge in [-0.2, -0.15) is 18.4 Å². The Labute approximate surface area is 153 Å². The number of aromatic nitrogens is 1. The van der Waals surface area contributed by atoms with Crippen molar-refractivity contribution in [1.82, 2.24) is 4.98 Å². The molecule has 0 aliphatic carbocycles. The van der Waals surface area contributed by atoms with E-state index in [1.165, 1.54) is 19.2 Å². The number of pyridine rings is 1. The van der Waals surface area contributed by atoms with Gasteiger partial charge in [0, 0.05) is 37.9 Å². The molecule has 9 heteroatoms. The van der Waals surface area contributed by atoms with E-state index < -0.39 is 17.7 Å². The SMILES string of the molecule is COc1ccc(N2CCN(c3nc(C(F)(F)F)ccc3C#N)CC2)cc1F. The van der Waals surface area contributed by atoms with Crippen LogP contribution >= 0.6 is 0 Å². The lowest BCUT2D eigenvalue weighted by atomic mass is 10.2. The average molecular weight is 380 g/mol. The average Bonchev–Trinajstić information content (AvgIpc) is 2.67. The van der Waals surface area contributed by atoms with E-state index in [1.54, 1.807) is 11.0 Å². The predicted molar refractivity (Wildman–Crippen MR) is 91.3 cm³/mol. The summed E-state index contributed by atoms with van der Waals surface area (Å²) in [4.78, 5) is 7.21. The van der Waals surface area contributed by atoms with Crippen LogP contribution in [0.2, 0.25) is 0 Å². The van der Waals surface area contributed by atoms with Crippen LogP contribution in [0.4, 0.5) is 29.1 Å². The molecule has 1 aliphatic heterocycles. The Morgan fingerprint density at radius 1 is 1.07 bits per heavy atom. The molecule has 1 saturated heterocycles. The van der Waals surface area contributed by atoms with Crippen molar-refractivity contribution in [1.29, 1.82) is 5.26 Å². The Hall–Kier alpha value is -3.02. The highest BCUT2D eigenvalue weighted by molar-refractivity contribution is 5.57. The van der Waals surface area contributed by atoms with Crippen molar-refractivity contribution in [3.05, 3.63) is 47.4 Å². The third kappa shape index (κ3) is 3.89. The quantitative estimate of drug-likeness (QED) is 0.764. The third-order valence-corrected chi connectivity index (χ3v) is 4.37. The molecule has 1 aliphatic rings. The van der Waals surface area contributed by atoms with E-state index in [-0.39, 0.29) is 17.1 Å². The van der Waals surface area contributed by atoms with Crippen LogP contribution < -0.4 is 14.5 Å². The summed E-state index contributed by atoms with van der Waals surface area (Å²) in [5.41, 5.74) is -0.284. The Morgan fingerprint density at radius 3 is 2.30 bits per heavy atom. The topological polar surface area (TPSA) is 52.4 Å². The van der Waals surface area contributed by atoms with Crippen LogP contribution in [-0.2, 0) is 6.18 Å². The number of hydrogen-bond acceptors (Lipinski definition) is 5. The van der Waals surface area contributed by atoms with Crippen LogP contribution in [0.15, 0.2) is 30.3 Å². The Kier molecular flexibility index (Phi) is 5.08. The number of anilines is 2. The number of piperazine rings is 1. The highest BCUT2D eigenvalue weighted by Gasteiger charge is 2.34. The largest absolute Gasteiger partial charge is 0.494 e. The molecule has 0 atom stereocenters. The number of halogens is 4. The van der Waals surface area contributed by atoms with Gasteiger partial charge in [0.25, 0.3) is 0 Å². The molecule has 3 rings (SSSR count). The molecule has 2 aromatic rings. The number of alkyl halides is 3. The maximum Gasteiger partial charge on any atom is 0.433 e. The second-order valence-electron chi connectivity index (χ2n) is 5.97. The van der Waals surface area contributed by atoms with Gasteiger partial charge < -0.3 is 14.5 Å². The Balaban J connectivity index is 1.78. The van der Waals surface area contributed by atoms with Gasteiger partial charge in [0.05, 0.1) is 12.7 Å². The van der Waals surface area contributed by atoms with E-state index in [0.29, 0.717) is 31.9 Å². The summed E-state index contributed by atoms with van der Waals surface area (Å²) in [5, 5.41) is 9.19. The van der Waals surface area contributed by atoms with Crippen LogP contribution in [0.3, 0.4) is 0 Å². The monoisotopic (exact) mass is 380 g/mol. The summed E-state index contributed by atoms with van der Waals surface area (Å²) in [6, 6.07) is 8.43. The normalized spacial score (nSPS) is 14.8. The zero-order valence-electron chi connectivity index (χ0n) is 14.4. The standard InChI is InChI=1S/C18H16F4N4O/c1-27-15-4-3-13(10-14(15)19)25-6-8-26(9-7-25)17-12(11-23)2-5-16(24-17)18(20,21)22/h2-5,10H,6-9H2,1H3. The van der Waals surface area contributed by atoms with E-state index in [0.717, 1.165) is 12.1 Å². The summed E-state index contributed by atoms with van der Waals surface area (Å²) >= 11 is 0. The first-order valence-corrected chi connectivity index (χ1v) is 8.15. The Bertz CT molecular complexity index is 871. The maximum absolute atomic E-state index is 13.9. The van der Waals surface area contributed by atoms with Crippen molar-refractivity contribution in [2.24, 2.45) is 0 Å². The van der Waals surface area contributed by atoms with Crippen LogP contribution in [0.5, 0.6) is 5.75 Å². The highest BCUT2D eigenvalue weighted by atomic mass is 19.4. The molecule has 5 nitrogen and oxygen atoms in total. The molecule has 2 heterocycles. The maximum atomic E-state index is 13.9.